The summed E-state index contributed by atoms with van der Waals surface area (Å²) in [6, 6.07) is 4.33. The zero-order valence-corrected chi connectivity index (χ0v) is 8.78. The summed E-state index contributed by atoms with van der Waals surface area (Å²) in [7, 11) is 0. The highest BCUT2D eigenvalue weighted by molar-refractivity contribution is 6.31. The van der Waals surface area contributed by atoms with Gasteiger partial charge in [-0.2, -0.15) is 0 Å². The number of rotatable bonds is 3. The number of hydrogen-bond acceptors (Lipinski definition) is 1. The van der Waals surface area contributed by atoms with Gasteiger partial charge in [-0.1, -0.05) is 17.7 Å². The molecule has 14 heavy (non-hydrogen) atoms. The van der Waals surface area contributed by atoms with Crippen LogP contribution in [0.15, 0.2) is 18.2 Å². The topological polar surface area (TPSA) is 12.0 Å². The van der Waals surface area contributed by atoms with Crippen molar-refractivity contribution in [1.29, 1.82) is 0 Å². The summed E-state index contributed by atoms with van der Waals surface area (Å²) < 4.78 is 24.5. The van der Waals surface area contributed by atoms with Crippen molar-refractivity contribution in [2.24, 2.45) is 0 Å². The number of benzene rings is 1. The van der Waals surface area contributed by atoms with Crippen LogP contribution in [0, 0.1) is 6.92 Å². The largest absolute Gasteiger partial charge is 0.377 e. The van der Waals surface area contributed by atoms with E-state index in [1.165, 1.54) is 6.92 Å². The summed E-state index contributed by atoms with van der Waals surface area (Å²) in [6.07, 6.45) is -2.38. The predicted molar refractivity (Wildman–Crippen MR) is 55.3 cm³/mol. The molecule has 4 heteroatoms. The molecule has 0 heterocycles. The second-order valence-corrected chi connectivity index (χ2v) is 3.59. The van der Waals surface area contributed by atoms with Gasteiger partial charge in [0.05, 0.1) is 6.04 Å². The predicted octanol–water partition coefficient (Wildman–Crippen LogP) is 3.71. The Balaban J connectivity index is 2.82. The Hall–Kier alpha value is -0.830. The number of nitrogens with one attached hydrogen (secondary N) is 1. The van der Waals surface area contributed by atoms with E-state index in [-0.39, 0.29) is 0 Å². The van der Waals surface area contributed by atoms with Crippen molar-refractivity contribution in [1.82, 2.24) is 0 Å². The molecular formula is C10H12ClF2N. The van der Waals surface area contributed by atoms with E-state index in [1.807, 2.05) is 0 Å². The zero-order valence-electron chi connectivity index (χ0n) is 8.02. The van der Waals surface area contributed by atoms with E-state index in [9.17, 15) is 8.78 Å². The Labute approximate surface area is 87.1 Å². The number of alkyl halides is 2. The summed E-state index contributed by atoms with van der Waals surface area (Å²) in [4.78, 5) is 0. The second kappa shape index (κ2) is 4.60. The Bertz CT molecular complexity index is 315. The fraction of sp³-hybridized carbons (Fsp3) is 0.400. The van der Waals surface area contributed by atoms with Gasteiger partial charge in [0.25, 0.3) is 6.43 Å². The zero-order chi connectivity index (χ0) is 10.7. The molecule has 0 amide bonds. The van der Waals surface area contributed by atoms with Gasteiger partial charge >= 0.3 is 0 Å². The Morgan fingerprint density at radius 2 is 2.00 bits per heavy atom. The first-order valence-electron chi connectivity index (χ1n) is 4.32. The molecule has 0 aliphatic rings. The van der Waals surface area contributed by atoms with E-state index in [4.69, 9.17) is 11.6 Å². The van der Waals surface area contributed by atoms with Crippen LogP contribution in [0.3, 0.4) is 0 Å². The first-order valence-corrected chi connectivity index (χ1v) is 4.70. The van der Waals surface area contributed by atoms with Crippen LogP contribution in [0.4, 0.5) is 14.5 Å². The molecule has 0 aromatic heterocycles. The Morgan fingerprint density at radius 1 is 1.36 bits per heavy atom. The van der Waals surface area contributed by atoms with Crippen molar-refractivity contribution in [2.75, 3.05) is 5.32 Å². The molecule has 0 radical (unpaired) electrons. The van der Waals surface area contributed by atoms with Gasteiger partial charge in [0.15, 0.2) is 0 Å². The second-order valence-electron chi connectivity index (χ2n) is 3.18. The average molecular weight is 220 g/mol. The summed E-state index contributed by atoms with van der Waals surface area (Å²) in [5, 5.41) is 3.30. The van der Waals surface area contributed by atoms with E-state index >= 15 is 0 Å². The lowest BCUT2D eigenvalue weighted by atomic mass is 10.2. The highest BCUT2D eigenvalue weighted by Crippen LogP contribution is 2.24. The van der Waals surface area contributed by atoms with Crippen LogP contribution in [0.25, 0.3) is 0 Å². The molecule has 1 atom stereocenters. The molecule has 0 spiro atoms. The van der Waals surface area contributed by atoms with Gasteiger partial charge in [0, 0.05) is 10.7 Å². The fourth-order valence-electron chi connectivity index (χ4n) is 1.07. The molecular weight excluding hydrogens is 208 g/mol. The minimum atomic E-state index is -2.38. The summed E-state index contributed by atoms with van der Waals surface area (Å²) in [5.74, 6) is 0. The minimum absolute atomic E-state index is 0.580. The van der Waals surface area contributed by atoms with Crippen LogP contribution in [-0.4, -0.2) is 12.5 Å². The van der Waals surface area contributed by atoms with Crippen LogP contribution in [0.1, 0.15) is 12.5 Å². The van der Waals surface area contributed by atoms with Crippen LogP contribution >= 0.6 is 11.6 Å². The average Bonchev–Trinajstić information content (AvgIpc) is 2.12. The van der Waals surface area contributed by atoms with Crippen LogP contribution in [-0.2, 0) is 0 Å². The lowest BCUT2D eigenvalue weighted by molar-refractivity contribution is 0.130. The smallest absolute Gasteiger partial charge is 0.258 e. The first kappa shape index (κ1) is 11.2. The summed E-state index contributed by atoms with van der Waals surface area (Å²) in [6.45, 7) is 3.23. The SMILES string of the molecule is Cc1c(Cl)cccc1NC(C)C(F)F. The molecule has 0 saturated carbocycles. The third-order valence-corrected chi connectivity index (χ3v) is 2.44. The van der Waals surface area contributed by atoms with E-state index in [0.29, 0.717) is 10.7 Å². The normalized spacial score (nSPS) is 13.0. The number of anilines is 1. The standard InChI is InChI=1S/C10H12ClF2N/c1-6-8(11)4-3-5-9(6)14-7(2)10(12)13/h3-5,7,10,14H,1-2H3. The highest BCUT2D eigenvalue weighted by Gasteiger charge is 2.14. The number of hydrogen-bond donors (Lipinski definition) is 1. The van der Waals surface area contributed by atoms with Crippen molar-refractivity contribution < 1.29 is 8.78 Å². The van der Waals surface area contributed by atoms with Crippen molar-refractivity contribution in [3.63, 3.8) is 0 Å². The molecule has 0 aliphatic carbocycles. The van der Waals surface area contributed by atoms with Crippen molar-refractivity contribution in [3.05, 3.63) is 28.8 Å². The van der Waals surface area contributed by atoms with Gasteiger partial charge in [0.2, 0.25) is 0 Å². The summed E-state index contributed by atoms with van der Waals surface area (Å²) >= 11 is 5.85. The van der Waals surface area contributed by atoms with Crippen LogP contribution in [0.2, 0.25) is 5.02 Å². The van der Waals surface area contributed by atoms with E-state index < -0.39 is 12.5 Å². The van der Waals surface area contributed by atoms with Crippen LogP contribution in [0.5, 0.6) is 0 Å². The fourth-order valence-corrected chi connectivity index (χ4v) is 1.25. The van der Waals surface area contributed by atoms with Gasteiger partial charge in [-0.25, -0.2) is 8.78 Å². The van der Waals surface area contributed by atoms with Gasteiger partial charge in [0.1, 0.15) is 0 Å². The maximum atomic E-state index is 12.3. The maximum absolute atomic E-state index is 12.3. The van der Waals surface area contributed by atoms with Gasteiger partial charge in [-0.3, -0.25) is 0 Å². The lowest BCUT2D eigenvalue weighted by Gasteiger charge is -2.16. The Morgan fingerprint density at radius 3 is 2.57 bits per heavy atom. The van der Waals surface area contributed by atoms with Gasteiger partial charge in [-0.05, 0) is 31.5 Å². The molecule has 0 bridgehead atoms. The third-order valence-electron chi connectivity index (χ3n) is 2.03. The van der Waals surface area contributed by atoms with Crippen molar-refractivity contribution in [2.45, 2.75) is 26.3 Å². The molecule has 1 nitrogen and oxygen atoms in total. The molecule has 1 rings (SSSR count). The van der Waals surface area contributed by atoms with Crippen molar-refractivity contribution in [3.8, 4) is 0 Å². The van der Waals surface area contributed by atoms with E-state index in [0.717, 1.165) is 5.56 Å². The quantitative estimate of drug-likeness (QED) is 0.817. The molecule has 1 aromatic carbocycles. The van der Waals surface area contributed by atoms with Gasteiger partial charge < -0.3 is 5.32 Å². The molecule has 0 fully saturated rings. The Kier molecular flexibility index (Phi) is 3.69. The van der Waals surface area contributed by atoms with E-state index in [2.05, 4.69) is 5.32 Å². The molecule has 0 aliphatic heterocycles. The summed E-state index contributed by atoms with van der Waals surface area (Å²) in [5.41, 5.74) is 1.45. The first-order chi connectivity index (χ1) is 6.52. The molecule has 1 aromatic rings. The monoisotopic (exact) mass is 219 g/mol. The minimum Gasteiger partial charge on any atom is -0.377 e. The van der Waals surface area contributed by atoms with Crippen LogP contribution < -0.4 is 5.32 Å². The molecule has 78 valence electrons. The third kappa shape index (κ3) is 2.58. The van der Waals surface area contributed by atoms with Crippen molar-refractivity contribution >= 4 is 17.3 Å². The molecule has 0 saturated heterocycles. The molecule has 1 unspecified atom stereocenters. The maximum Gasteiger partial charge on any atom is 0.258 e. The molecule has 1 N–H and O–H groups in total. The number of halogens is 3. The lowest BCUT2D eigenvalue weighted by Crippen LogP contribution is -2.24. The van der Waals surface area contributed by atoms with E-state index in [1.54, 1.807) is 25.1 Å². The highest BCUT2D eigenvalue weighted by atomic mass is 35.5. The van der Waals surface area contributed by atoms with Gasteiger partial charge in [-0.15, -0.1) is 0 Å².